The van der Waals surface area contributed by atoms with Gasteiger partial charge >= 0.3 is 0 Å². The third kappa shape index (κ3) is 2.95. The van der Waals surface area contributed by atoms with Crippen molar-refractivity contribution in [3.05, 3.63) is 34.3 Å². The van der Waals surface area contributed by atoms with Crippen LogP contribution in [0.25, 0.3) is 0 Å². The fourth-order valence-corrected chi connectivity index (χ4v) is 3.44. The van der Waals surface area contributed by atoms with Crippen molar-refractivity contribution in [1.82, 2.24) is 4.90 Å². The molecular weight excluding hydrogens is 288 g/mol. The molecule has 2 rings (SSSR count). The quantitative estimate of drug-likeness (QED) is 0.902. The van der Waals surface area contributed by atoms with Crippen LogP contribution in [0, 0.1) is 0 Å². The van der Waals surface area contributed by atoms with E-state index in [1.165, 1.54) is 22.9 Å². The summed E-state index contributed by atoms with van der Waals surface area (Å²) in [6.07, 6.45) is 3.62. The van der Waals surface area contributed by atoms with E-state index in [2.05, 4.69) is 58.9 Å². The lowest BCUT2D eigenvalue weighted by atomic mass is 9.95. The van der Waals surface area contributed by atoms with E-state index < -0.39 is 0 Å². The smallest absolute Gasteiger partial charge is 0.0513 e. The molecule has 3 heteroatoms. The lowest BCUT2D eigenvalue weighted by Crippen LogP contribution is -2.43. The zero-order valence-corrected chi connectivity index (χ0v) is 12.9. The van der Waals surface area contributed by atoms with E-state index in [1.807, 2.05) is 0 Å². The third-order valence-electron chi connectivity index (χ3n) is 3.85. The summed E-state index contributed by atoms with van der Waals surface area (Å²) in [5, 5.41) is 0. The van der Waals surface area contributed by atoms with Gasteiger partial charge in [-0.1, -0.05) is 40.5 Å². The Morgan fingerprint density at radius 1 is 1.28 bits per heavy atom. The molecule has 18 heavy (non-hydrogen) atoms. The maximum absolute atomic E-state index is 6.45. The molecule has 0 aromatic heterocycles. The molecule has 100 valence electrons. The van der Waals surface area contributed by atoms with Gasteiger partial charge in [0.05, 0.1) is 6.04 Å². The number of hydrogen-bond donors (Lipinski definition) is 1. The van der Waals surface area contributed by atoms with Crippen LogP contribution in [0.3, 0.4) is 0 Å². The van der Waals surface area contributed by atoms with E-state index in [9.17, 15) is 0 Å². The fraction of sp³-hybridized carbons (Fsp3) is 0.600. The number of rotatable bonds is 2. The van der Waals surface area contributed by atoms with E-state index in [0.717, 1.165) is 13.0 Å². The van der Waals surface area contributed by atoms with Crippen molar-refractivity contribution in [1.29, 1.82) is 0 Å². The zero-order chi connectivity index (χ0) is 13.1. The summed E-state index contributed by atoms with van der Waals surface area (Å²) in [7, 11) is 0. The largest absolute Gasteiger partial charge is 0.326 e. The maximum atomic E-state index is 6.45. The minimum Gasteiger partial charge on any atom is -0.326 e. The molecule has 0 bridgehead atoms. The molecule has 2 unspecified atom stereocenters. The Morgan fingerprint density at radius 2 is 2.00 bits per heavy atom. The van der Waals surface area contributed by atoms with E-state index in [1.54, 1.807) is 0 Å². The van der Waals surface area contributed by atoms with Crippen LogP contribution in [0.15, 0.2) is 28.7 Å². The monoisotopic (exact) mass is 310 g/mol. The highest BCUT2D eigenvalue weighted by atomic mass is 79.9. The first kappa shape index (κ1) is 14.0. The normalized spacial score (nSPS) is 26.3. The molecule has 1 fully saturated rings. The highest BCUT2D eigenvalue weighted by Gasteiger charge is 2.31. The predicted molar refractivity (Wildman–Crippen MR) is 80.6 cm³/mol. The van der Waals surface area contributed by atoms with Crippen molar-refractivity contribution in [3.8, 4) is 0 Å². The van der Waals surface area contributed by atoms with Crippen LogP contribution >= 0.6 is 15.9 Å². The van der Waals surface area contributed by atoms with E-state index >= 15 is 0 Å². The van der Waals surface area contributed by atoms with Crippen molar-refractivity contribution >= 4 is 15.9 Å². The lowest BCUT2D eigenvalue weighted by Gasteiger charge is -2.37. The summed E-state index contributed by atoms with van der Waals surface area (Å²) in [6.45, 7) is 5.68. The molecule has 0 spiro atoms. The van der Waals surface area contributed by atoms with Gasteiger partial charge in [0.1, 0.15) is 0 Å². The number of likely N-dealkylation sites (tertiary alicyclic amines) is 1. The van der Waals surface area contributed by atoms with Crippen LogP contribution in [0.4, 0.5) is 0 Å². The van der Waals surface area contributed by atoms with Crippen molar-refractivity contribution in [2.24, 2.45) is 5.73 Å². The third-order valence-corrected chi connectivity index (χ3v) is 4.58. The summed E-state index contributed by atoms with van der Waals surface area (Å²) < 4.78 is 1.18. The molecule has 0 saturated carbocycles. The SMILES string of the molecule is CC(C)N1CCCCC(N)C1c1ccccc1Br. The lowest BCUT2D eigenvalue weighted by molar-refractivity contribution is 0.143. The Morgan fingerprint density at radius 3 is 2.67 bits per heavy atom. The standard InChI is InChI=1S/C15H23BrN2/c1-11(2)18-10-6-5-9-14(17)15(18)12-7-3-4-8-13(12)16/h3-4,7-8,11,14-15H,5-6,9-10,17H2,1-2H3. The van der Waals surface area contributed by atoms with Gasteiger partial charge < -0.3 is 5.73 Å². The average Bonchev–Trinajstić information content (AvgIpc) is 2.52. The van der Waals surface area contributed by atoms with Gasteiger partial charge in [0.25, 0.3) is 0 Å². The highest BCUT2D eigenvalue weighted by Crippen LogP contribution is 2.34. The van der Waals surface area contributed by atoms with Gasteiger partial charge in [-0.3, -0.25) is 4.90 Å². The summed E-state index contributed by atoms with van der Waals surface area (Å²) in [4.78, 5) is 2.55. The Balaban J connectivity index is 2.37. The van der Waals surface area contributed by atoms with Gasteiger partial charge in [0.15, 0.2) is 0 Å². The number of halogens is 1. The van der Waals surface area contributed by atoms with Gasteiger partial charge in [0, 0.05) is 16.6 Å². The molecule has 2 nitrogen and oxygen atoms in total. The van der Waals surface area contributed by atoms with Gasteiger partial charge in [-0.25, -0.2) is 0 Å². The summed E-state index contributed by atoms with van der Waals surface area (Å²) in [6, 6.07) is 9.59. The number of nitrogens with two attached hydrogens (primary N) is 1. The molecule has 0 amide bonds. The second kappa shape index (κ2) is 6.18. The zero-order valence-electron chi connectivity index (χ0n) is 11.3. The molecule has 1 heterocycles. The molecule has 1 aliphatic rings. The molecule has 0 aliphatic carbocycles. The summed E-state index contributed by atoms with van der Waals surface area (Å²) >= 11 is 3.68. The van der Waals surface area contributed by atoms with Crippen LogP contribution in [-0.2, 0) is 0 Å². The van der Waals surface area contributed by atoms with Gasteiger partial charge in [0.2, 0.25) is 0 Å². The van der Waals surface area contributed by atoms with Gasteiger partial charge in [-0.2, -0.15) is 0 Å². The highest BCUT2D eigenvalue weighted by molar-refractivity contribution is 9.10. The number of hydrogen-bond acceptors (Lipinski definition) is 2. The van der Waals surface area contributed by atoms with Crippen molar-refractivity contribution in [2.75, 3.05) is 6.54 Å². The molecule has 1 aliphatic heterocycles. The van der Waals surface area contributed by atoms with E-state index in [4.69, 9.17) is 5.73 Å². The van der Waals surface area contributed by atoms with Crippen LogP contribution in [-0.4, -0.2) is 23.5 Å². The second-order valence-electron chi connectivity index (χ2n) is 5.46. The van der Waals surface area contributed by atoms with Crippen molar-refractivity contribution < 1.29 is 0 Å². The van der Waals surface area contributed by atoms with E-state index in [-0.39, 0.29) is 6.04 Å². The average molecular weight is 311 g/mol. The Kier molecular flexibility index (Phi) is 4.82. The molecule has 2 N–H and O–H groups in total. The molecule has 0 radical (unpaired) electrons. The summed E-state index contributed by atoms with van der Waals surface area (Å²) in [5.41, 5.74) is 7.78. The minimum absolute atomic E-state index is 0.230. The van der Waals surface area contributed by atoms with Crippen LogP contribution < -0.4 is 5.73 Å². The molecule has 1 aromatic carbocycles. The molecule has 1 aromatic rings. The van der Waals surface area contributed by atoms with Crippen LogP contribution in [0.2, 0.25) is 0 Å². The number of nitrogens with zero attached hydrogens (tertiary/aromatic N) is 1. The fourth-order valence-electron chi connectivity index (χ4n) is 2.92. The van der Waals surface area contributed by atoms with Crippen LogP contribution in [0.5, 0.6) is 0 Å². The number of benzene rings is 1. The van der Waals surface area contributed by atoms with Gasteiger partial charge in [-0.05, 0) is 44.9 Å². The Labute approximate surface area is 119 Å². The van der Waals surface area contributed by atoms with Gasteiger partial charge in [-0.15, -0.1) is 0 Å². The van der Waals surface area contributed by atoms with E-state index in [0.29, 0.717) is 12.1 Å². The Hall–Kier alpha value is -0.380. The minimum atomic E-state index is 0.230. The molecule has 2 atom stereocenters. The summed E-state index contributed by atoms with van der Waals surface area (Å²) in [5.74, 6) is 0. The second-order valence-corrected chi connectivity index (χ2v) is 6.31. The first-order valence-corrected chi connectivity index (χ1v) is 7.66. The van der Waals surface area contributed by atoms with Crippen molar-refractivity contribution in [3.63, 3.8) is 0 Å². The maximum Gasteiger partial charge on any atom is 0.0513 e. The Bertz CT molecular complexity index is 392. The van der Waals surface area contributed by atoms with Crippen LogP contribution in [0.1, 0.15) is 44.7 Å². The topological polar surface area (TPSA) is 29.3 Å². The molecular formula is C15H23BrN2. The first-order valence-electron chi connectivity index (χ1n) is 6.87. The first-order chi connectivity index (χ1) is 8.61. The van der Waals surface area contributed by atoms with Crippen molar-refractivity contribution in [2.45, 2.75) is 51.2 Å². The molecule has 1 saturated heterocycles. The predicted octanol–water partition coefficient (Wildman–Crippen LogP) is 3.71.